The van der Waals surface area contributed by atoms with Crippen molar-refractivity contribution in [3.8, 4) is 0 Å². The molecule has 1 aromatic rings. The van der Waals surface area contributed by atoms with E-state index >= 15 is 0 Å². The van der Waals surface area contributed by atoms with Crippen molar-refractivity contribution in [1.29, 1.82) is 0 Å². The van der Waals surface area contributed by atoms with Gasteiger partial charge in [0.15, 0.2) is 0 Å². The van der Waals surface area contributed by atoms with E-state index in [2.05, 4.69) is 26.3 Å². The zero-order chi connectivity index (χ0) is 12.6. The van der Waals surface area contributed by atoms with Crippen LogP contribution in [0.4, 0.5) is 5.82 Å². The summed E-state index contributed by atoms with van der Waals surface area (Å²) in [5, 5.41) is 17.2. The second-order valence-electron chi connectivity index (χ2n) is 3.98. The van der Waals surface area contributed by atoms with Crippen LogP contribution in [-0.4, -0.2) is 26.7 Å². The average Bonchev–Trinajstić information content (AvgIpc) is 3.00. The predicted molar refractivity (Wildman–Crippen MR) is 62.5 cm³/mol. The van der Waals surface area contributed by atoms with E-state index in [0.29, 0.717) is 10.2 Å². The number of nitrogens with zero attached hydrogens (tertiary/aromatic N) is 3. The third kappa shape index (κ3) is 2.63. The van der Waals surface area contributed by atoms with Gasteiger partial charge in [0.2, 0.25) is 5.91 Å². The van der Waals surface area contributed by atoms with Gasteiger partial charge in [-0.15, -0.1) is 0 Å². The average molecular weight is 303 g/mol. The lowest BCUT2D eigenvalue weighted by Crippen LogP contribution is -2.30. The Labute approximate surface area is 105 Å². The Kier molecular flexibility index (Phi) is 3.14. The van der Waals surface area contributed by atoms with Gasteiger partial charge >= 0.3 is 5.82 Å². The highest BCUT2D eigenvalue weighted by Crippen LogP contribution is 2.26. The topological polar surface area (TPSA) is 90.1 Å². The van der Waals surface area contributed by atoms with Crippen LogP contribution in [0.15, 0.2) is 4.47 Å². The molecule has 1 saturated carbocycles. The SMILES string of the molecule is Cc1c(Br)c([N+](=O)[O-])nn1CC(=O)NC1CC1. The van der Waals surface area contributed by atoms with Crippen molar-refractivity contribution in [2.45, 2.75) is 32.4 Å². The Morgan fingerprint density at radius 3 is 2.82 bits per heavy atom. The minimum atomic E-state index is -0.577. The van der Waals surface area contributed by atoms with Crippen LogP contribution in [0.1, 0.15) is 18.5 Å². The van der Waals surface area contributed by atoms with E-state index in [1.54, 1.807) is 6.92 Å². The summed E-state index contributed by atoms with van der Waals surface area (Å²) in [6.45, 7) is 1.68. The Balaban J connectivity index is 2.12. The molecule has 7 nitrogen and oxygen atoms in total. The van der Waals surface area contributed by atoms with E-state index in [4.69, 9.17) is 0 Å². The molecule has 1 heterocycles. The fourth-order valence-corrected chi connectivity index (χ4v) is 1.84. The minimum Gasteiger partial charge on any atom is -0.358 e. The summed E-state index contributed by atoms with van der Waals surface area (Å²) in [6, 6.07) is 0.275. The highest BCUT2D eigenvalue weighted by molar-refractivity contribution is 9.10. The second kappa shape index (κ2) is 4.44. The monoisotopic (exact) mass is 302 g/mol. The van der Waals surface area contributed by atoms with Crippen molar-refractivity contribution in [2.75, 3.05) is 0 Å². The second-order valence-corrected chi connectivity index (χ2v) is 4.77. The summed E-state index contributed by atoms with van der Waals surface area (Å²) in [6.07, 6.45) is 2.02. The number of nitro groups is 1. The molecular weight excluding hydrogens is 292 g/mol. The summed E-state index contributed by atoms with van der Waals surface area (Å²) in [4.78, 5) is 21.6. The third-order valence-electron chi connectivity index (χ3n) is 2.53. The molecule has 1 aromatic heterocycles. The minimum absolute atomic E-state index is 0.00870. The number of amides is 1. The fourth-order valence-electron chi connectivity index (χ4n) is 1.42. The first-order chi connectivity index (χ1) is 7.99. The number of nitrogens with one attached hydrogen (secondary N) is 1. The molecule has 0 atom stereocenters. The summed E-state index contributed by atoms with van der Waals surface area (Å²) in [5.41, 5.74) is 0.572. The van der Waals surface area contributed by atoms with Crippen LogP contribution in [-0.2, 0) is 11.3 Å². The van der Waals surface area contributed by atoms with Gasteiger partial charge in [-0.05, 0) is 40.6 Å². The van der Waals surface area contributed by atoms with E-state index in [1.165, 1.54) is 4.68 Å². The van der Waals surface area contributed by atoms with E-state index in [9.17, 15) is 14.9 Å². The highest BCUT2D eigenvalue weighted by Gasteiger charge is 2.27. The van der Waals surface area contributed by atoms with Crippen molar-refractivity contribution in [3.05, 3.63) is 20.3 Å². The molecule has 2 rings (SSSR count). The number of carbonyl (C=O) groups is 1. The van der Waals surface area contributed by atoms with Crippen LogP contribution >= 0.6 is 15.9 Å². The van der Waals surface area contributed by atoms with Crippen LogP contribution in [0.25, 0.3) is 0 Å². The molecule has 0 radical (unpaired) electrons. The van der Waals surface area contributed by atoms with Gasteiger partial charge in [0.1, 0.15) is 11.0 Å². The van der Waals surface area contributed by atoms with Crippen molar-refractivity contribution in [1.82, 2.24) is 15.1 Å². The largest absolute Gasteiger partial charge is 0.404 e. The molecule has 1 amide bonds. The lowest BCUT2D eigenvalue weighted by Gasteiger charge is -2.01. The van der Waals surface area contributed by atoms with Gasteiger partial charge in [-0.3, -0.25) is 4.79 Å². The van der Waals surface area contributed by atoms with Gasteiger partial charge in [-0.1, -0.05) is 0 Å². The molecule has 1 N–H and O–H groups in total. The van der Waals surface area contributed by atoms with Gasteiger partial charge in [0.25, 0.3) is 0 Å². The first-order valence-electron chi connectivity index (χ1n) is 5.15. The molecule has 0 saturated heterocycles. The predicted octanol–water partition coefficient (Wildman–Crippen LogP) is 1.14. The Morgan fingerprint density at radius 2 is 2.35 bits per heavy atom. The molecule has 1 aliphatic rings. The molecular formula is C9H11BrN4O3. The smallest absolute Gasteiger partial charge is 0.358 e. The Hall–Kier alpha value is -1.44. The van der Waals surface area contributed by atoms with Gasteiger partial charge in [-0.25, -0.2) is 0 Å². The van der Waals surface area contributed by atoms with Crippen molar-refractivity contribution < 1.29 is 9.72 Å². The number of rotatable bonds is 4. The van der Waals surface area contributed by atoms with Crippen molar-refractivity contribution in [2.24, 2.45) is 0 Å². The lowest BCUT2D eigenvalue weighted by atomic mass is 10.4. The van der Waals surface area contributed by atoms with E-state index in [-0.39, 0.29) is 24.3 Å². The lowest BCUT2D eigenvalue weighted by molar-refractivity contribution is -0.390. The van der Waals surface area contributed by atoms with Crippen LogP contribution < -0.4 is 5.32 Å². The molecule has 8 heteroatoms. The summed E-state index contributed by atoms with van der Waals surface area (Å²) < 4.78 is 1.65. The van der Waals surface area contributed by atoms with Crippen molar-refractivity contribution >= 4 is 27.7 Å². The fraction of sp³-hybridized carbons (Fsp3) is 0.556. The molecule has 0 bridgehead atoms. The molecule has 1 fully saturated rings. The van der Waals surface area contributed by atoms with Gasteiger partial charge < -0.3 is 15.4 Å². The summed E-state index contributed by atoms with van der Waals surface area (Å²) >= 11 is 3.10. The van der Waals surface area contributed by atoms with Gasteiger partial charge in [0, 0.05) is 6.04 Å². The summed E-state index contributed by atoms with van der Waals surface area (Å²) in [7, 11) is 0. The third-order valence-corrected chi connectivity index (χ3v) is 3.45. The Morgan fingerprint density at radius 1 is 1.71 bits per heavy atom. The maximum atomic E-state index is 11.5. The van der Waals surface area contributed by atoms with Crippen LogP contribution in [0, 0.1) is 17.0 Å². The zero-order valence-electron chi connectivity index (χ0n) is 9.14. The quantitative estimate of drug-likeness (QED) is 0.667. The number of halogens is 1. The van der Waals surface area contributed by atoms with E-state index in [0.717, 1.165) is 12.8 Å². The maximum absolute atomic E-state index is 11.5. The highest BCUT2D eigenvalue weighted by atomic mass is 79.9. The van der Waals surface area contributed by atoms with Gasteiger partial charge in [-0.2, -0.15) is 4.68 Å². The Bertz CT molecular complexity index is 481. The normalized spacial score (nSPS) is 14.7. The first kappa shape index (κ1) is 12.0. The van der Waals surface area contributed by atoms with Gasteiger partial charge in [0.05, 0.1) is 10.8 Å². The number of hydrogen-bond donors (Lipinski definition) is 1. The molecule has 17 heavy (non-hydrogen) atoms. The summed E-state index contributed by atoms with van der Waals surface area (Å²) in [5.74, 6) is -0.429. The molecule has 92 valence electrons. The molecule has 0 aromatic carbocycles. The van der Waals surface area contributed by atoms with E-state index < -0.39 is 4.92 Å². The van der Waals surface area contributed by atoms with Crippen LogP contribution in [0.2, 0.25) is 0 Å². The van der Waals surface area contributed by atoms with Crippen LogP contribution in [0.3, 0.4) is 0 Å². The van der Waals surface area contributed by atoms with Crippen LogP contribution in [0.5, 0.6) is 0 Å². The number of aromatic nitrogens is 2. The molecule has 0 aliphatic heterocycles. The number of hydrogen-bond acceptors (Lipinski definition) is 4. The van der Waals surface area contributed by atoms with Crippen molar-refractivity contribution in [3.63, 3.8) is 0 Å². The first-order valence-corrected chi connectivity index (χ1v) is 5.95. The standard InChI is InChI=1S/C9H11BrN4O3/c1-5-8(10)9(14(16)17)12-13(5)4-7(15)11-6-2-3-6/h6H,2-4H2,1H3,(H,11,15). The molecule has 0 spiro atoms. The molecule has 0 unspecified atom stereocenters. The molecule has 1 aliphatic carbocycles. The zero-order valence-corrected chi connectivity index (χ0v) is 10.7. The number of carbonyl (C=O) groups excluding carboxylic acids is 1. The maximum Gasteiger partial charge on any atom is 0.404 e. The van der Waals surface area contributed by atoms with E-state index in [1.807, 2.05) is 0 Å².